The number of piperidine rings is 1. The van der Waals surface area contributed by atoms with Crippen LogP contribution in [0.15, 0.2) is 60.8 Å². The molecule has 0 bridgehead atoms. The van der Waals surface area contributed by atoms with Gasteiger partial charge in [0.1, 0.15) is 0 Å². The molecular formula is C30H45N5O. The zero-order valence-electron chi connectivity index (χ0n) is 22.7. The number of anilines is 1. The molecule has 2 N–H and O–H groups in total. The molecule has 2 saturated heterocycles. The number of para-hydroxylation sites is 2. The maximum Gasteiger partial charge on any atom is 0.235 e. The van der Waals surface area contributed by atoms with Gasteiger partial charge in [-0.3, -0.25) is 14.6 Å². The Morgan fingerprint density at radius 3 is 2.17 bits per heavy atom. The Hall–Kier alpha value is -2.83. The van der Waals surface area contributed by atoms with Crippen LogP contribution in [0.4, 0.5) is 5.69 Å². The van der Waals surface area contributed by atoms with Gasteiger partial charge in [0, 0.05) is 49.0 Å². The van der Waals surface area contributed by atoms with Gasteiger partial charge in [0.25, 0.3) is 0 Å². The number of carbonyl (C=O) groups is 1. The fourth-order valence-electron chi connectivity index (χ4n) is 5.10. The van der Waals surface area contributed by atoms with E-state index in [1.165, 1.54) is 22.2 Å². The lowest BCUT2D eigenvalue weighted by Crippen LogP contribution is -2.51. The number of amides is 1. The molecule has 0 spiro atoms. The summed E-state index contributed by atoms with van der Waals surface area (Å²) in [4.78, 5) is 23.0. The molecule has 0 unspecified atom stereocenters. The van der Waals surface area contributed by atoms with E-state index in [-0.39, 0.29) is 5.91 Å². The lowest BCUT2D eigenvalue weighted by Gasteiger charge is -2.36. The molecule has 2 aromatic carbocycles. The SMILES string of the molecule is CC.CC.O=C(CN1CCC(c2c[nH]c3ccccc23)CC1)NCN1CCN(c2ccccc2)CC1. The summed E-state index contributed by atoms with van der Waals surface area (Å²) in [6.45, 7) is 15.1. The van der Waals surface area contributed by atoms with E-state index in [1.807, 2.05) is 27.7 Å². The van der Waals surface area contributed by atoms with Crippen molar-refractivity contribution in [1.29, 1.82) is 0 Å². The molecular weight excluding hydrogens is 446 g/mol. The molecule has 0 aliphatic carbocycles. The molecule has 2 aliphatic rings. The maximum atomic E-state index is 12.5. The van der Waals surface area contributed by atoms with Crippen LogP contribution in [0, 0.1) is 0 Å². The topological polar surface area (TPSA) is 54.6 Å². The van der Waals surface area contributed by atoms with Crippen LogP contribution in [0.5, 0.6) is 0 Å². The van der Waals surface area contributed by atoms with Gasteiger partial charge in [-0.2, -0.15) is 0 Å². The Morgan fingerprint density at radius 1 is 0.833 bits per heavy atom. The van der Waals surface area contributed by atoms with Crippen LogP contribution in [-0.2, 0) is 4.79 Å². The number of rotatable bonds is 6. The van der Waals surface area contributed by atoms with Crippen LogP contribution >= 0.6 is 0 Å². The van der Waals surface area contributed by atoms with Crippen molar-refractivity contribution in [1.82, 2.24) is 20.1 Å². The molecule has 196 valence electrons. The van der Waals surface area contributed by atoms with Gasteiger partial charge in [-0.25, -0.2) is 0 Å². The highest BCUT2D eigenvalue weighted by atomic mass is 16.2. The maximum absolute atomic E-state index is 12.5. The van der Waals surface area contributed by atoms with E-state index in [4.69, 9.17) is 0 Å². The van der Waals surface area contributed by atoms with E-state index >= 15 is 0 Å². The number of benzene rings is 2. The van der Waals surface area contributed by atoms with Gasteiger partial charge < -0.3 is 15.2 Å². The van der Waals surface area contributed by atoms with Crippen LogP contribution in [0.1, 0.15) is 52.0 Å². The number of H-pyrrole nitrogens is 1. The second kappa shape index (κ2) is 14.7. The number of fused-ring (bicyclic) bond motifs is 1. The first-order chi connectivity index (χ1) is 17.8. The number of hydrogen-bond donors (Lipinski definition) is 2. The Morgan fingerprint density at radius 2 is 1.47 bits per heavy atom. The second-order valence-corrected chi connectivity index (χ2v) is 9.04. The molecule has 1 aromatic heterocycles. The Balaban J connectivity index is 0.000000861. The minimum absolute atomic E-state index is 0.140. The molecule has 1 amide bonds. The third-order valence-electron chi connectivity index (χ3n) is 7.01. The number of nitrogens with zero attached hydrogens (tertiary/aromatic N) is 3. The highest BCUT2D eigenvalue weighted by Crippen LogP contribution is 2.32. The van der Waals surface area contributed by atoms with Crippen LogP contribution in [0.2, 0.25) is 0 Å². The molecule has 0 atom stereocenters. The normalized spacial score (nSPS) is 17.1. The molecule has 36 heavy (non-hydrogen) atoms. The predicted octanol–water partition coefficient (Wildman–Crippen LogP) is 5.30. The Labute approximate surface area is 217 Å². The monoisotopic (exact) mass is 491 g/mol. The van der Waals surface area contributed by atoms with E-state index in [2.05, 4.69) is 85.8 Å². The first kappa shape index (κ1) is 27.8. The number of likely N-dealkylation sites (tertiary alicyclic amines) is 1. The predicted molar refractivity (Wildman–Crippen MR) is 153 cm³/mol. The number of aromatic nitrogens is 1. The standard InChI is InChI=1S/C26H33N5O.2C2H6/c32-26(28-20-30-14-16-31(17-15-30)22-6-2-1-3-7-22)19-29-12-10-21(11-13-29)24-18-27-25-9-5-4-8-23(24)25;2*1-2/h1-9,18,21,27H,10-17,19-20H2,(H,28,32);2*1-2H3. The van der Waals surface area contributed by atoms with Crippen LogP contribution in [0.3, 0.4) is 0 Å². The lowest BCUT2D eigenvalue weighted by molar-refractivity contribution is -0.123. The number of hydrogen-bond acceptors (Lipinski definition) is 4. The van der Waals surface area contributed by atoms with Crippen molar-refractivity contribution in [3.05, 3.63) is 66.4 Å². The summed E-state index contributed by atoms with van der Waals surface area (Å²) >= 11 is 0. The number of nitrogens with one attached hydrogen (secondary N) is 2. The van der Waals surface area contributed by atoms with Crippen molar-refractivity contribution in [2.45, 2.75) is 46.5 Å². The van der Waals surface area contributed by atoms with Crippen LogP contribution < -0.4 is 10.2 Å². The molecule has 0 saturated carbocycles. The molecule has 2 aliphatic heterocycles. The molecule has 2 fully saturated rings. The highest BCUT2D eigenvalue weighted by Gasteiger charge is 2.24. The van der Waals surface area contributed by atoms with E-state index in [0.717, 1.165) is 52.1 Å². The van der Waals surface area contributed by atoms with E-state index in [9.17, 15) is 4.79 Å². The largest absolute Gasteiger partial charge is 0.369 e. The summed E-state index contributed by atoms with van der Waals surface area (Å²) < 4.78 is 0. The average molecular weight is 492 g/mol. The zero-order chi connectivity index (χ0) is 25.8. The van der Waals surface area contributed by atoms with Gasteiger partial charge in [-0.1, -0.05) is 64.1 Å². The first-order valence-corrected chi connectivity index (χ1v) is 13.8. The van der Waals surface area contributed by atoms with Crippen molar-refractivity contribution in [2.24, 2.45) is 0 Å². The molecule has 6 heteroatoms. The van der Waals surface area contributed by atoms with Gasteiger partial charge >= 0.3 is 0 Å². The fraction of sp³-hybridized carbons (Fsp3) is 0.500. The number of piperazine rings is 1. The molecule has 5 rings (SSSR count). The van der Waals surface area contributed by atoms with Crippen molar-refractivity contribution >= 4 is 22.5 Å². The van der Waals surface area contributed by atoms with Gasteiger partial charge in [-0.15, -0.1) is 0 Å². The zero-order valence-corrected chi connectivity index (χ0v) is 22.7. The first-order valence-electron chi connectivity index (χ1n) is 13.8. The summed E-state index contributed by atoms with van der Waals surface area (Å²) in [5.41, 5.74) is 3.93. The van der Waals surface area contributed by atoms with Crippen molar-refractivity contribution in [3.8, 4) is 0 Å². The van der Waals surface area contributed by atoms with E-state index in [1.54, 1.807) is 0 Å². The van der Waals surface area contributed by atoms with Crippen molar-refractivity contribution in [2.75, 3.05) is 57.4 Å². The molecule has 6 nitrogen and oxygen atoms in total. The minimum atomic E-state index is 0.140. The minimum Gasteiger partial charge on any atom is -0.369 e. The van der Waals surface area contributed by atoms with Crippen LogP contribution in [-0.4, -0.2) is 73.2 Å². The van der Waals surface area contributed by atoms with Crippen molar-refractivity contribution < 1.29 is 4.79 Å². The average Bonchev–Trinajstić information content (AvgIpc) is 3.40. The van der Waals surface area contributed by atoms with E-state index in [0.29, 0.717) is 19.1 Å². The summed E-state index contributed by atoms with van der Waals surface area (Å²) in [5, 5.41) is 4.48. The molecule has 3 aromatic rings. The summed E-state index contributed by atoms with van der Waals surface area (Å²) in [5.74, 6) is 0.715. The van der Waals surface area contributed by atoms with Gasteiger partial charge in [-0.05, 0) is 55.6 Å². The van der Waals surface area contributed by atoms with E-state index < -0.39 is 0 Å². The number of carbonyl (C=O) groups excluding carboxylic acids is 1. The summed E-state index contributed by atoms with van der Waals surface area (Å²) in [6.07, 6.45) is 4.39. The van der Waals surface area contributed by atoms with Gasteiger partial charge in [0.2, 0.25) is 5.91 Å². The van der Waals surface area contributed by atoms with Gasteiger partial charge in [0.05, 0.1) is 13.2 Å². The van der Waals surface area contributed by atoms with Crippen LogP contribution in [0.25, 0.3) is 10.9 Å². The summed E-state index contributed by atoms with van der Waals surface area (Å²) in [6, 6.07) is 19.1. The molecule has 3 heterocycles. The second-order valence-electron chi connectivity index (χ2n) is 9.04. The summed E-state index contributed by atoms with van der Waals surface area (Å²) in [7, 11) is 0. The number of aromatic amines is 1. The van der Waals surface area contributed by atoms with Crippen molar-refractivity contribution in [3.63, 3.8) is 0 Å². The fourth-order valence-corrected chi connectivity index (χ4v) is 5.10. The lowest BCUT2D eigenvalue weighted by atomic mass is 9.89. The van der Waals surface area contributed by atoms with Gasteiger partial charge in [0.15, 0.2) is 0 Å². The molecule has 0 radical (unpaired) electrons. The Bertz CT molecular complexity index is 1020. The Kier molecular flexibility index (Phi) is 11.3. The smallest absolute Gasteiger partial charge is 0.235 e. The highest BCUT2D eigenvalue weighted by molar-refractivity contribution is 5.83. The third-order valence-corrected chi connectivity index (χ3v) is 7.01. The quantitative estimate of drug-likeness (QED) is 0.492. The third kappa shape index (κ3) is 7.34.